The Hall–Kier alpha value is -1.38. The monoisotopic (exact) mass is 547 g/mol. The predicted octanol–water partition coefficient (Wildman–Crippen LogP) is 6.25. The molecule has 4 N–H and O–H groups in total. The standard InChI is InChI=1S/C27H42BrN3O2Si/c1-27(2,3)34(4,5)33-26-12-9-15-31(19-20-10-7-6-8-11-20)25(26)17-22(32)18-30-24-14-13-21(28)16-23(24)29/h6-8,10-11,13-14,16,22,25-26,30,32H,9,12,15,17-19,29H2,1-5H3/t22?,25-,26+/m1/s1. The molecule has 2 aromatic rings. The largest absolute Gasteiger partial charge is 0.412 e. The average molecular weight is 549 g/mol. The number of aliphatic hydroxyl groups excluding tert-OH is 1. The van der Waals surface area contributed by atoms with Crippen LogP contribution in [-0.4, -0.2) is 49.7 Å². The molecule has 1 heterocycles. The maximum atomic E-state index is 11.1. The topological polar surface area (TPSA) is 70.8 Å². The van der Waals surface area contributed by atoms with Crippen molar-refractivity contribution in [1.82, 2.24) is 4.90 Å². The van der Waals surface area contributed by atoms with Gasteiger partial charge in [-0.15, -0.1) is 0 Å². The van der Waals surface area contributed by atoms with Crippen LogP contribution in [0.25, 0.3) is 0 Å². The van der Waals surface area contributed by atoms with E-state index in [2.05, 4.69) is 90.3 Å². The summed E-state index contributed by atoms with van der Waals surface area (Å²) in [6, 6.07) is 16.6. The zero-order valence-electron chi connectivity index (χ0n) is 21.4. The molecule has 0 spiro atoms. The number of benzene rings is 2. The molecule has 0 bridgehead atoms. The fraction of sp³-hybridized carbons (Fsp3) is 0.556. The summed E-state index contributed by atoms with van der Waals surface area (Å²) in [5, 5.41) is 14.6. The molecule has 0 amide bonds. The van der Waals surface area contributed by atoms with E-state index in [1.54, 1.807) is 0 Å². The van der Waals surface area contributed by atoms with Crippen LogP contribution in [0.15, 0.2) is 53.0 Å². The van der Waals surface area contributed by atoms with Crippen LogP contribution in [0.3, 0.4) is 0 Å². The van der Waals surface area contributed by atoms with Gasteiger partial charge in [0, 0.05) is 23.6 Å². The molecule has 1 aliphatic rings. The van der Waals surface area contributed by atoms with Crippen molar-refractivity contribution in [2.75, 3.05) is 24.1 Å². The van der Waals surface area contributed by atoms with Crippen molar-refractivity contribution in [2.24, 2.45) is 0 Å². The van der Waals surface area contributed by atoms with Crippen molar-refractivity contribution >= 4 is 35.6 Å². The third-order valence-corrected chi connectivity index (χ3v) is 12.4. The minimum Gasteiger partial charge on any atom is -0.412 e. The van der Waals surface area contributed by atoms with E-state index in [0.717, 1.165) is 36.1 Å². The van der Waals surface area contributed by atoms with Crippen LogP contribution in [0.4, 0.5) is 11.4 Å². The average Bonchev–Trinajstić information content (AvgIpc) is 2.75. The fourth-order valence-corrected chi connectivity index (χ4v) is 6.15. The molecule has 7 heteroatoms. The zero-order valence-corrected chi connectivity index (χ0v) is 23.9. The van der Waals surface area contributed by atoms with E-state index in [-0.39, 0.29) is 17.2 Å². The van der Waals surface area contributed by atoms with Crippen LogP contribution in [-0.2, 0) is 11.0 Å². The van der Waals surface area contributed by atoms with Gasteiger partial charge >= 0.3 is 0 Å². The Bertz CT molecular complexity index is 920. The summed E-state index contributed by atoms with van der Waals surface area (Å²) in [6.45, 7) is 13.9. The molecule has 5 nitrogen and oxygen atoms in total. The minimum atomic E-state index is -1.94. The number of piperidine rings is 1. The van der Waals surface area contributed by atoms with Gasteiger partial charge in [-0.3, -0.25) is 4.90 Å². The van der Waals surface area contributed by atoms with Crippen molar-refractivity contribution < 1.29 is 9.53 Å². The highest BCUT2D eigenvalue weighted by Gasteiger charge is 2.43. The molecule has 1 aliphatic heterocycles. The van der Waals surface area contributed by atoms with E-state index in [9.17, 15) is 5.11 Å². The van der Waals surface area contributed by atoms with E-state index in [1.807, 2.05) is 18.2 Å². The van der Waals surface area contributed by atoms with Crippen LogP contribution in [0.2, 0.25) is 18.1 Å². The van der Waals surface area contributed by atoms with Crippen LogP contribution >= 0.6 is 15.9 Å². The number of likely N-dealkylation sites (tertiary alicyclic amines) is 1. The van der Waals surface area contributed by atoms with Gasteiger partial charge in [-0.05, 0) is 67.7 Å². The summed E-state index contributed by atoms with van der Waals surface area (Å²) in [5.41, 5.74) is 8.95. The highest BCUT2D eigenvalue weighted by molar-refractivity contribution is 9.10. The Balaban J connectivity index is 1.74. The van der Waals surface area contributed by atoms with E-state index in [4.69, 9.17) is 10.2 Å². The highest BCUT2D eigenvalue weighted by Crippen LogP contribution is 2.40. The number of nitrogens with two attached hydrogens (primary N) is 1. The van der Waals surface area contributed by atoms with E-state index < -0.39 is 14.4 Å². The third-order valence-electron chi connectivity index (χ3n) is 7.37. The molecular formula is C27H42BrN3O2Si. The molecule has 1 unspecified atom stereocenters. The first-order valence-corrected chi connectivity index (χ1v) is 16.1. The number of anilines is 2. The van der Waals surface area contributed by atoms with Gasteiger partial charge in [0.25, 0.3) is 0 Å². The number of hydrogen-bond acceptors (Lipinski definition) is 5. The lowest BCUT2D eigenvalue weighted by Gasteiger charge is -2.47. The third kappa shape index (κ3) is 7.31. The van der Waals surface area contributed by atoms with Gasteiger partial charge in [-0.1, -0.05) is 67.0 Å². The highest BCUT2D eigenvalue weighted by atomic mass is 79.9. The number of nitrogen functional groups attached to an aromatic ring is 1. The van der Waals surface area contributed by atoms with Crippen LogP contribution in [0.5, 0.6) is 0 Å². The van der Waals surface area contributed by atoms with Gasteiger partial charge < -0.3 is 20.6 Å². The smallest absolute Gasteiger partial charge is 0.192 e. The van der Waals surface area contributed by atoms with Crippen molar-refractivity contribution in [3.63, 3.8) is 0 Å². The maximum Gasteiger partial charge on any atom is 0.192 e. The number of nitrogens with zero attached hydrogens (tertiary/aromatic N) is 1. The molecular weight excluding hydrogens is 506 g/mol. The minimum absolute atomic E-state index is 0.130. The Morgan fingerprint density at radius 3 is 2.56 bits per heavy atom. The van der Waals surface area contributed by atoms with E-state index >= 15 is 0 Å². The summed E-state index contributed by atoms with van der Waals surface area (Å²) in [5.74, 6) is 0. The summed E-state index contributed by atoms with van der Waals surface area (Å²) < 4.78 is 7.91. The summed E-state index contributed by atoms with van der Waals surface area (Å²) in [4.78, 5) is 2.52. The second-order valence-corrected chi connectivity index (χ2v) is 16.8. The molecule has 0 aromatic heterocycles. The van der Waals surface area contributed by atoms with Gasteiger partial charge in [-0.25, -0.2) is 0 Å². The Morgan fingerprint density at radius 1 is 1.21 bits per heavy atom. The quantitative estimate of drug-likeness (QED) is 0.255. The molecule has 188 valence electrons. The van der Waals surface area contributed by atoms with Crippen molar-refractivity contribution in [1.29, 1.82) is 0 Å². The molecule has 0 saturated carbocycles. The Morgan fingerprint density at radius 2 is 1.91 bits per heavy atom. The van der Waals surface area contributed by atoms with Gasteiger partial charge in [-0.2, -0.15) is 0 Å². The van der Waals surface area contributed by atoms with Crippen LogP contribution in [0, 0.1) is 0 Å². The Kier molecular flexibility index (Phi) is 9.26. The maximum absolute atomic E-state index is 11.1. The number of halogens is 1. The number of rotatable bonds is 9. The van der Waals surface area contributed by atoms with Crippen molar-refractivity contribution in [2.45, 2.75) is 83.0 Å². The fourth-order valence-electron chi connectivity index (χ4n) is 4.38. The number of aliphatic hydroxyl groups is 1. The first-order chi connectivity index (χ1) is 16.0. The van der Waals surface area contributed by atoms with Crippen LogP contribution < -0.4 is 11.1 Å². The lowest BCUT2D eigenvalue weighted by Crippen LogP contribution is -2.55. The normalized spacial score (nSPS) is 20.8. The number of nitrogens with one attached hydrogen (secondary N) is 1. The zero-order chi connectivity index (χ0) is 24.9. The molecule has 3 atom stereocenters. The summed E-state index contributed by atoms with van der Waals surface area (Å²) in [7, 11) is -1.94. The van der Waals surface area contributed by atoms with Crippen molar-refractivity contribution in [3.8, 4) is 0 Å². The predicted molar refractivity (Wildman–Crippen MR) is 150 cm³/mol. The van der Waals surface area contributed by atoms with E-state index in [1.165, 1.54) is 5.56 Å². The van der Waals surface area contributed by atoms with Gasteiger partial charge in [0.1, 0.15) is 0 Å². The van der Waals surface area contributed by atoms with Gasteiger partial charge in [0.05, 0.1) is 23.6 Å². The molecule has 1 fully saturated rings. The molecule has 2 aromatic carbocycles. The molecule has 34 heavy (non-hydrogen) atoms. The van der Waals surface area contributed by atoms with Gasteiger partial charge in [0.2, 0.25) is 0 Å². The summed E-state index contributed by atoms with van der Waals surface area (Å²) in [6.07, 6.45) is 2.45. The molecule has 0 radical (unpaired) electrons. The first kappa shape index (κ1) is 27.2. The lowest BCUT2D eigenvalue weighted by molar-refractivity contribution is -0.00978. The van der Waals surface area contributed by atoms with Crippen molar-refractivity contribution in [3.05, 3.63) is 58.6 Å². The lowest BCUT2D eigenvalue weighted by atomic mass is 9.93. The van der Waals surface area contributed by atoms with E-state index in [0.29, 0.717) is 18.7 Å². The van der Waals surface area contributed by atoms with Gasteiger partial charge in [0.15, 0.2) is 8.32 Å². The molecule has 3 rings (SSSR count). The van der Waals surface area contributed by atoms with Crippen LogP contribution in [0.1, 0.15) is 45.6 Å². The molecule has 0 aliphatic carbocycles. The second kappa shape index (κ2) is 11.6. The Labute approximate surface area is 215 Å². The number of hydrogen-bond donors (Lipinski definition) is 3. The first-order valence-electron chi connectivity index (χ1n) is 12.4. The summed E-state index contributed by atoms with van der Waals surface area (Å²) >= 11 is 3.45. The second-order valence-electron chi connectivity index (χ2n) is 11.1. The SMILES string of the molecule is CC(C)(C)[Si](C)(C)O[C@H]1CCCN(Cc2ccccc2)[C@@H]1CC(O)CNc1ccc(Br)cc1N. The molecule has 1 saturated heterocycles.